The van der Waals surface area contributed by atoms with E-state index in [-0.39, 0.29) is 17.3 Å². The van der Waals surface area contributed by atoms with Crippen LogP contribution in [0.3, 0.4) is 0 Å². The molecular formula is C19H22N4O5. The molecule has 0 aliphatic heterocycles. The van der Waals surface area contributed by atoms with E-state index in [1.165, 1.54) is 36.4 Å². The average molecular weight is 386 g/mol. The van der Waals surface area contributed by atoms with Gasteiger partial charge in [0.2, 0.25) is 0 Å². The van der Waals surface area contributed by atoms with Crippen LogP contribution in [0.4, 0.5) is 11.4 Å². The number of rotatable bonds is 10. The number of carbonyl (C=O) groups excluding carboxylic acids is 1. The fraction of sp³-hybridized carbons (Fsp3) is 0.316. The monoisotopic (exact) mass is 386 g/mol. The molecule has 148 valence electrons. The van der Waals surface area contributed by atoms with Crippen LogP contribution in [-0.4, -0.2) is 46.8 Å². The first-order chi connectivity index (χ1) is 13.4. The Hall–Kier alpha value is -3.33. The molecule has 0 saturated carbocycles. The molecule has 0 bridgehead atoms. The summed E-state index contributed by atoms with van der Waals surface area (Å²) in [4.78, 5) is 34.7. The van der Waals surface area contributed by atoms with Crippen molar-refractivity contribution in [1.82, 2.24) is 10.2 Å². The summed E-state index contributed by atoms with van der Waals surface area (Å²) in [5.74, 6) is -0.277. The van der Waals surface area contributed by atoms with Crippen LogP contribution >= 0.6 is 0 Å². The standard InChI is InChI=1S/C19H22N4O5/c1-2-21(13-11-15-3-7-17(8-4-15)22(25)26)14-12-20-19(24)16-5-9-18(10-6-16)23(27)28/h3-10H,2,11-14H2,1H3,(H,20,24). The third-order valence-electron chi connectivity index (χ3n) is 4.36. The maximum atomic E-state index is 12.1. The number of hydrogen-bond acceptors (Lipinski definition) is 6. The highest BCUT2D eigenvalue weighted by Crippen LogP contribution is 2.13. The number of carbonyl (C=O) groups is 1. The number of amides is 1. The van der Waals surface area contributed by atoms with E-state index in [9.17, 15) is 25.0 Å². The van der Waals surface area contributed by atoms with Crippen LogP contribution in [0.25, 0.3) is 0 Å². The molecule has 2 aromatic rings. The molecule has 2 aromatic carbocycles. The summed E-state index contributed by atoms with van der Waals surface area (Å²) in [5.41, 5.74) is 1.41. The van der Waals surface area contributed by atoms with Gasteiger partial charge in [0.1, 0.15) is 0 Å². The zero-order valence-corrected chi connectivity index (χ0v) is 15.5. The molecule has 1 N–H and O–H groups in total. The Kier molecular flexibility index (Phi) is 7.58. The molecule has 0 spiro atoms. The first-order valence-corrected chi connectivity index (χ1v) is 8.89. The number of likely N-dealkylation sites (N-methyl/N-ethyl adjacent to an activating group) is 1. The fourth-order valence-electron chi connectivity index (χ4n) is 2.66. The molecule has 0 aliphatic rings. The molecule has 1 amide bonds. The van der Waals surface area contributed by atoms with Crippen molar-refractivity contribution in [3.63, 3.8) is 0 Å². The summed E-state index contributed by atoms with van der Waals surface area (Å²) >= 11 is 0. The van der Waals surface area contributed by atoms with E-state index in [1.54, 1.807) is 12.1 Å². The lowest BCUT2D eigenvalue weighted by Gasteiger charge is -2.20. The Bertz CT molecular complexity index is 821. The average Bonchev–Trinajstić information content (AvgIpc) is 2.70. The smallest absolute Gasteiger partial charge is 0.269 e. The van der Waals surface area contributed by atoms with E-state index in [4.69, 9.17) is 0 Å². The highest BCUT2D eigenvalue weighted by Gasteiger charge is 2.10. The van der Waals surface area contributed by atoms with E-state index in [1.807, 2.05) is 6.92 Å². The minimum atomic E-state index is -0.508. The van der Waals surface area contributed by atoms with Gasteiger partial charge in [-0.05, 0) is 30.7 Å². The summed E-state index contributed by atoms with van der Waals surface area (Å²) in [6, 6.07) is 12.0. The lowest BCUT2D eigenvalue weighted by Crippen LogP contribution is -2.36. The van der Waals surface area contributed by atoms with Gasteiger partial charge in [0, 0.05) is 49.5 Å². The van der Waals surface area contributed by atoms with Gasteiger partial charge in [-0.15, -0.1) is 0 Å². The zero-order chi connectivity index (χ0) is 20.5. The predicted molar refractivity (Wildman–Crippen MR) is 104 cm³/mol. The quantitative estimate of drug-likeness (QED) is 0.495. The topological polar surface area (TPSA) is 119 Å². The molecule has 0 saturated heterocycles. The lowest BCUT2D eigenvalue weighted by atomic mass is 10.1. The van der Waals surface area contributed by atoms with E-state index >= 15 is 0 Å². The van der Waals surface area contributed by atoms with Crippen molar-refractivity contribution < 1.29 is 14.6 Å². The van der Waals surface area contributed by atoms with Gasteiger partial charge >= 0.3 is 0 Å². The molecule has 0 radical (unpaired) electrons. The SMILES string of the molecule is CCN(CCNC(=O)c1ccc([N+](=O)[O-])cc1)CCc1ccc([N+](=O)[O-])cc1. The summed E-state index contributed by atoms with van der Waals surface area (Å²) in [6.45, 7) is 4.70. The highest BCUT2D eigenvalue weighted by atomic mass is 16.6. The second-order valence-corrected chi connectivity index (χ2v) is 6.17. The van der Waals surface area contributed by atoms with Gasteiger partial charge in [0.15, 0.2) is 0 Å². The summed E-state index contributed by atoms with van der Waals surface area (Å²) in [5, 5.41) is 24.1. The number of benzene rings is 2. The molecule has 0 heterocycles. The second-order valence-electron chi connectivity index (χ2n) is 6.17. The Morgan fingerprint density at radius 2 is 1.46 bits per heavy atom. The zero-order valence-electron chi connectivity index (χ0n) is 15.5. The number of nitrogens with one attached hydrogen (secondary N) is 1. The first-order valence-electron chi connectivity index (χ1n) is 8.89. The molecule has 0 unspecified atom stereocenters. The van der Waals surface area contributed by atoms with Crippen molar-refractivity contribution in [1.29, 1.82) is 0 Å². The van der Waals surface area contributed by atoms with Gasteiger partial charge in [0.05, 0.1) is 9.85 Å². The summed E-state index contributed by atoms with van der Waals surface area (Å²) in [7, 11) is 0. The number of nitrogens with zero attached hydrogens (tertiary/aromatic N) is 3. The van der Waals surface area contributed by atoms with Crippen LogP contribution in [0.15, 0.2) is 48.5 Å². The molecular weight excluding hydrogens is 364 g/mol. The Labute approximate surface area is 162 Å². The molecule has 9 nitrogen and oxygen atoms in total. The van der Waals surface area contributed by atoms with E-state index in [0.717, 1.165) is 25.1 Å². The van der Waals surface area contributed by atoms with E-state index in [2.05, 4.69) is 10.2 Å². The molecule has 0 aliphatic carbocycles. The van der Waals surface area contributed by atoms with Crippen LogP contribution in [0.5, 0.6) is 0 Å². The van der Waals surface area contributed by atoms with Gasteiger partial charge in [-0.25, -0.2) is 0 Å². The number of nitro benzene ring substituents is 2. The van der Waals surface area contributed by atoms with Gasteiger partial charge in [-0.1, -0.05) is 19.1 Å². The van der Waals surface area contributed by atoms with Crippen molar-refractivity contribution in [3.8, 4) is 0 Å². The van der Waals surface area contributed by atoms with Crippen molar-refractivity contribution in [2.75, 3.05) is 26.2 Å². The number of non-ortho nitro benzene ring substituents is 2. The Balaban J connectivity index is 1.77. The largest absolute Gasteiger partial charge is 0.351 e. The Morgan fingerprint density at radius 3 is 1.96 bits per heavy atom. The first kappa shape index (κ1) is 21.0. The maximum absolute atomic E-state index is 12.1. The van der Waals surface area contributed by atoms with E-state index in [0.29, 0.717) is 18.7 Å². The third kappa shape index (κ3) is 6.13. The van der Waals surface area contributed by atoms with Crippen LogP contribution in [0.2, 0.25) is 0 Å². The van der Waals surface area contributed by atoms with Gasteiger partial charge in [-0.2, -0.15) is 0 Å². The van der Waals surface area contributed by atoms with Crippen molar-refractivity contribution in [3.05, 3.63) is 79.9 Å². The fourth-order valence-corrected chi connectivity index (χ4v) is 2.66. The minimum Gasteiger partial charge on any atom is -0.351 e. The predicted octanol–water partition coefficient (Wildman–Crippen LogP) is 2.80. The van der Waals surface area contributed by atoms with Crippen LogP contribution in [-0.2, 0) is 6.42 Å². The third-order valence-corrected chi connectivity index (χ3v) is 4.36. The molecule has 0 atom stereocenters. The summed E-state index contributed by atoms with van der Waals surface area (Å²) < 4.78 is 0. The molecule has 9 heteroatoms. The molecule has 28 heavy (non-hydrogen) atoms. The maximum Gasteiger partial charge on any atom is 0.269 e. The van der Waals surface area contributed by atoms with Gasteiger partial charge in [0.25, 0.3) is 17.3 Å². The van der Waals surface area contributed by atoms with E-state index < -0.39 is 9.85 Å². The normalized spacial score (nSPS) is 10.6. The second kappa shape index (κ2) is 10.1. The molecule has 2 rings (SSSR count). The number of nitro groups is 2. The van der Waals surface area contributed by atoms with Crippen LogP contribution < -0.4 is 5.32 Å². The number of hydrogen-bond donors (Lipinski definition) is 1. The van der Waals surface area contributed by atoms with Gasteiger partial charge in [-0.3, -0.25) is 25.0 Å². The molecule has 0 aromatic heterocycles. The van der Waals surface area contributed by atoms with Crippen LogP contribution in [0, 0.1) is 20.2 Å². The highest BCUT2D eigenvalue weighted by molar-refractivity contribution is 5.94. The Morgan fingerprint density at radius 1 is 0.929 bits per heavy atom. The van der Waals surface area contributed by atoms with Gasteiger partial charge < -0.3 is 10.2 Å². The van der Waals surface area contributed by atoms with Crippen molar-refractivity contribution >= 4 is 17.3 Å². The molecule has 0 fully saturated rings. The van der Waals surface area contributed by atoms with Crippen molar-refractivity contribution in [2.45, 2.75) is 13.3 Å². The lowest BCUT2D eigenvalue weighted by molar-refractivity contribution is -0.385. The van der Waals surface area contributed by atoms with Crippen LogP contribution in [0.1, 0.15) is 22.8 Å². The minimum absolute atomic E-state index is 0.0556. The van der Waals surface area contributed by atoms with Crippen molar-refractivity contribution in [2.24, 2.45) is 0 Å². The summed E-state index contributed by atoms with van der Waals surface area (Å²) in [6.07, 6.45) is 0.752.